The third-order valence-corrected chi connectivity index (χ3v) is 6.86. The topological polar surface area (TPSA) is 70.6 Å². The summed E-state index contributed by atoms with van der Waals surface area (Å²) in [5.74, 6) is 2.23. The van der Waals surface area contributed by atoms with Crippen LogP contribution < -0.4 is 10.7 Å². The number of hydrazone groups is 1. The minimum absolute atomic E-state index is 0.0544. The Labute approximate surface area is 167 Å². The van der Waals surface area contributed by atoms with Crippen LogP contribution in [0.2, 0.25) is 0 Å². The molecule has 0 aliphatic heterocycles. The van der Waals surface area contributed by atoms with Crippen LogP contribution in [-0.2, 0) is 16.0 Å². The lowest BCUT2D eigenvalue weighted by molar-refractivity contribution is -0.146. The quantitative estimate of drug-likeness (QED) is 0.561. The molecule has 5 nitrogen and oxygen atoms in total. The number of rotatable bonds is 7. The molecule has 0 radical (unpaired) electrons. The molecule has 4 aliphatic carbocycles. The number of nitrogens with zero attached hydrogens (tertiary/aromatic N) is 1. The predicted molar refractivity (Wildman–Crippen MR) is 110 cm³/mol. The molecule has 4 saturated carbocycles. The summed E-state index contributed by atoms with van der Waals surface area (Å²) >= 11 is 0. The first-order valence-corrected chi connectivity index (χ1v) is 10.7. The van der Waals surface area contributed by atoms with E-state index >= 15 is 0 Å². The maximum Gasteiger partial charge on any atom is 0.246 e. The van der Waals surface area contributed by atoms with Crippen molar-refractivity contribution in [2.75, 3.05) is 6.54 Å². The van der Waals surface area contributed by atoms with E-state index in [0.29, 0.717) is 12.3 Å². The molecule has 4 fully saturated rings. The van der Waals surface area contributed by atoms with E-state index in [0.717, 1.165) is 43.4 Å². The van der Waals surface area contributed by atoms with Gasteiger partial charge >= 0.3 is 0 Å². The van der Waals surface area contributed by atoms with Crippen LogP contribution >= 0.6 is 0 Å². The van der Waals surface area contributed by atoms with E-state index in [1.165, 1.54) is 24.8 Å². The van der Waals surface area contributed by atoms with Gasteiger partial charge < -0.3 is 5.32 Å². The summed E-state index contributed by atoms with van der Waals surface area (Å²) in [5.41, 5.74) is 4.45. The Morgan fingerprint density at radius 1 is 1.04 bits per heavy atom. The van der Waals surface area contributed by atoms with Crippen LogP contribution in [0.4, 0.5) is 0 Å². The highest BCUT2D eigenvalue weighted by molar-refractivity contribution is 6.00. The lowest BCUT2D eigenvalue weighted by Crippen LogP contribution is -2.52. The van der Waals surface area contributed by atoms with Crippen molar-refractivity contribution in [3.8, 4) is 0 Å². The Morgan fingerprint density at radius 3 is 2.25 bits per heavy atom. The summed E-state index contributed by atoms with van der Waals surface area (Å²) in [6.45, 7) is 2.41. The van der Waals surface area contributed by atoms with E-state index in [4.69, 9.17) is 0 Å². The van der Waals surface area contributed by atoms with E-state index in [1.807, 2.05) is 18.2 Å². The van der Waals surface area contributed by atoms with Crippen molar-refractivity contribution in [3.05, 3.63) is 35.9 Å². The van der Waals surface area contributed by atoms with Gasteiger partial charge in [0.15, 0.2) is 0 Å². The van der Waals surface area contributed by atoms with Crippen molar-refractivity contribution in [2.45, 2.75) is 58.3 Å². The molecule has 150 valence electrons. The minimum Gasteiger partial charge on any atom is -0.355 e. The zero-order valence-electron chi connectivity index (χ0n) is 16.7. The molecule has 1 aromatic rings. The molecular formula is C23H31N3O2. The largest absolute Gasteiger partial charge is 0.355 e. The fraction of sp³-hybridized carbons (Fsp3) is 0.609. The molecule has 0 saturated heterocycles. The van der Waals surface area contributed by atoms with E-state index in [9.17, 15) is 9.59 Å². The standard InChI is InChI=1S/C23H31N3O2/c1-16(9-21(27)24-8-7-17-5-3-2-4-6-17)25-26-22(28)23-13-18-10-19(14-23)12-20(11-18)15-23/h2-6,18-20H,7-15H2,1H3,(H,24,27)(H,26,28)/b25-16+. The van der Waals surface area contributed by atoms with E-state index in [2.05, 4.69) is 28.0 Å². The highest BCUT2D eigenvalue weighted by Gasteiger charge is 2.54. The van der Waals surface area contributed by atoms with Gasteiger partial charge in [-0.3, -0.25) is 9.59 Å². The summed E-state index contributed by atoms with van der Waals surface area (Å²) in [5, 5.41) is 7.17. The Balaban J connectivity index is 1.23. The maximum atomic E-state index is 12.9. The van der Waals surface area contributed by atoms with Crippen LogP contribution in [0.1, 0.15) is 57.4 Å². The molecule has 2 amide bonds. The second-order valence-electron chi connectivity index (χ2n) is 9.25. The molecule has 28 heavy (non-hydrogen) atoms. The number of hydrogen-bond acceptors (Lipinski definition) is 3. The normalized spacial score (nSPS) is 30.9. The molecular weight excluding hydrogens is 350 g/mol. The Morgan fingerprint density at radius 2 is 1.64 bits per heavy atom. The fourth-order valence-electron chi connectivity index (χ4n) is 5.98. The molecule has 4 bridgehead atoms. The summed E-state index contributed by atoms with van der Waals surface area (Å²) in [6.07, 6.45) is 8.06. The minimum atomic E-state index is -0.198. The van der Waals surface area contributed by atoms with Gasteiger partial charge in [-0.15, -0.1) is 0 Å². The molecule has 2 N–H and O–H groups in total. The maximum absolute atomic E-state index is 12.9. The molecule has 4 aliphatic rings. The molecule has 0 spiro atoms. The monoisotopic (exact) mass is 381 g/mol. The van der Waals surface area contributed by atoms with Crippen molar-refractivity contribution in [1.82, 2.24) is 10.7 Å². The van der Waals surface area contributed by atoms with Gasteiger partial charge in [0.25, 0.3) is 0 Å². The van der Waals surface area contributed by atoms with Gasteiger partial charge in [0.1, 0.15) is 0 Å². The molecule has 0 atom stereocenters. The summed E-state index contributed by atoms with van der Waals surface area (Å²) in [4.78, 5) is 25.0. The number of carbonyl (C=O) groups is 2. The Bertz CT molecular complexity index is 721. The zero-order chi connectivity index (χ0) is 19.6. The number of amides is 2. The Hall–Kier alpha value is -2.17. The summed E-state index contributed by atoms with van der Waals surface area (Å²) in [7, 11) is 0. The van der Waals surface area contributed by atoms with Gasteiger partial charge in [0.2, 0.25) is 11.8 Å². The van der Waals surface area contributed by atoms with Crippen molar-refractivity contribution < 1.29 is 9.59 Å². The van der Waals surface area contributed by atoms with Gasteiger partial charge in [-0.2, -0.15) is 5.10 Å². The van der Waals surface area contributed by atoms with Crippen molar-refractivity contribution >= 4 is 17.5 Å². The molecule has 1 aromatic carbocycles. The van der Waals surface area contributed by atoms with Crippen LogP contribution in [-0.4, -0.2) is 24.1 Å². The molecule has 0 aromatic heterocycles. The van der Waals surface area contributed by atoms with Gasteiger partial charge in [-0.05, 0) is 75.2 Å². The molecule has 5 heteroatoms. The first kappa shape index (κ1) is 19.2. The highest BCUT2D eigenvalue weighted by Crippen LogP contribution is 2.60. The number of hydrogen-bond donors (Lipinski definition) is 2. The number of carbonyl (C=O) groups excluding carboxylic acids is 2. The highest BCUT2D eigenvalue weighted by atomic mass is 16.2. The molecule has 0 heterocycles. The lowest BCUT2D eigenvalue weighted by atomic mass is 9.49. The van der Waals surface area contributed by atoms with Crippen LogP contribution in [0.5, 0.6) is 0 Å². The van der Waals surface area contributed by atoms with Crippen LogP contribution in [0, 0.1) is 23.2 Å². The van der Waals surface area contributed by atoms with Crippen LogP contribution in [0.3, 0.4) is 0 Å². The average molecular weight is 382 g/mol. The number of nitrogens with one attached hydrogen (secondary N) is 2. The van der Waals surface area contributed by atoms with Gasteiger partial charge in [-0.25, -0.2) is 5.43 Å². The molecule has 5 rings (SSSR count). The first-order chi connectivity index (χ1) is 13.5. The Kier molecular flexibility index (Phi) is 5.51. The fourth-order valence-corrected chi connectivity index (χ4v) is 5.98. The third-order valence-electron chi connectivity index (χ3n) is 6.86. The predicted octanol–water partition coefficient (Wildman–Crippen LogP) is 3.44. The second-order valence-corrected chi connectivity index (χ2v) is 9.25. The van der Waals surface area contributed by atoms with Gasteiger partial charge in [0, 0.05) is 12.3 Å². The first-order valence-electron chi connectivity index (χ1n) is 10.7. The lowest BCUT2D eigenvalue weighted by Gasteiger charge is -2.55. The van der Waals surface area contributed by atoms with Crippen LogP contribution in [0.15, 0.2) is 35.4 Å². The van der Waals surface area contributed by atoms with E-state index in [-0.39, 0.29) is 23.7 Å². The SMILES string of the molecule is C/C(CC(=O)NCCc1ccccc1)=N\NC(=O)C12CC3CC(CC(C3)C1)C2. The van der Waals surface area contributed by atoms with E-state index < -0.39 is 0 Å². The second kappa shape index (κ2) is 8.06. The van der Waals surface area contributed by atoms with E-state index in [1.54, 1.807) is 6.92 Å². The summed E-state index contributed by atoms with van der Waals surface area (Å²) in [6, 6.07) is 10.1. The third kappa shape index (κ3) is 4.29. The molecule has 0 unspecified atom stereocenters. The smallest absolute Gasteiger partial charge is 0.246 e. The van der Waals surface area contributed by atoms with Crippen molar-refractivity contribution in [1.29, 1.82) is 0 Å². The average Bonchev–Trinajstić information content (AvgIpc) is 2.66. The van der Waals surface area contributed by atoms with Gasteiger partial charge in [0.05, 0.1) is 11.8 Å². The number of benzene rings is 1. The van der Waals surface area contributed by atoms with Crippen LogP contribution in [0.25, 0.3) is 0 Å². The van der Waals surface area contributed by atoms with Gasteiger partial charge in [-0.1, -0.05) is 30.3 Å². The van der Waals surface area contributed by atoms with Crippen molar-refractivity contribution in [2.24, 2.45) is 28.3 Å². The zero-order valence-corrected chi connectivity index (χ0v) is 16.7. The van der Waals surface area contributed by atoms with Crippen molar-refractivity contribution in [3.63, 3.8) is 0 Å². The summed E-state index contributed by atoms with van der Waals surface area (Å²) < 4.78 is 0.